The molecule has 2 aromatic rings. The number of urea groups is 1. The summed E-state index contributed by atoms with van der Waals surface area (Å²) in [5.74, 6) is 1.24. The van der Waals surface area contributed by atoms with Crippen LogP contribution in [0.5, 0.6) is 11.5 Å². The number of methoxy groups -OCH3 is 2. The first-order valence-corrected chi connectivity index (χ1v) is 8.55. The summed E-state index contributed by atoms with van der Waals surface area (Å²) in [6, 6.07) is 12.9. The number of carbonyl (C=O) groups excluding carboxylic acids is 1. The number of nitrogens with zero attached hydrogens (tertiary/aromatic N) is 1. The minimum absolute atomic E-state index is 0.0570. The lowest BCUT2D eigenvalue weighted by Gasteiger charge is -2.26. The van der Waals surface area contributed by atoms with Gasteiger partial charge in [-0.3, -0.25) is 0 Å². The second-order valence-electron chi connectivity index (χ2n) is 5.90. The van der Waals surface area contributed by atoms with Crippen LogP contribution in [0.3, 0.4) is 0 Å². The Balaban J connectivity index is 1.77. The van der Waals surface area contributed by atoms with E-state index < -0.39 is 0 Å². The first-order chi connectivity index (χ1) is 12.1. The first kappa shape index (κ1) is 17.4. The number of carbonyl (C=O) groups is 1. The quantitative estimate of drug-likeness (QED) is 0.857. The molecule has 1 N–H and O–H groups in total. The number of benzene rings is 2. The number of halogens is 1. The summed E-state index contributed by atoms with van der Waals surface area (Å²) in [4.78, 5) is 14.6. The van der Waals surface area contributed by atoms with Crippen LogP contribution in [0.15, 0.2) is 42.5 Å². The van der Waals surface area contributed by atoms with E-state index in [9.17, 15) is 4.79 Å². The molecular formula is C19H21ClN2O3. The molecule has 0 saturated carbocycles. The van der Waals surface area contributed by atoms with E-state index >= 15 is 0 Å². The van der Waals surface area contributed by atoms with Crippen molar-refractivity contribution < 1.29 is 14.3 Å². The maximum atomic E-state index is 12.8. The number of anilines is 1. The van der Waals surface area contributed by atoms with E-state index in [2.05, 4.69) is 5.32 Å². The van der Waals surface area contributed by atoms with Crippen molar-refractivity contribution in [2.24, 2.45) is 0 Å². The fourth-order valence-corrected chi connectivity index (χ4v) is 3.26. The van der Waals surface area contributed by atoms with E-state index in [1.807, 2.05) is 29.2 Å². The Labute approximate surface area is 152 Å². The highest BCUT2D eigenvalue weighted by Gasteiger charge is 2.30. The van der Waals surface area contributed by atoms with Gasteiger partial charge in [0.05, 0.1) is 25.9 Å². The predicted molar refractivity (Wildman–Crippen MR) is 98.7 cm³/mol. The molecule has 6 heteroatoms. The molecular weight excluding hydrogens is 340 g/mol. The van der Waals surface area contributed by atoms with Crippen LogP contribution in [0.2, 0.25) is 5.02 Å². The Morgan fingerprint density at radius 1 is 1.16 bits per heavy atom. The number of hydrogen-bond acceptors (Lipinski definition) is 3. The van der Waals surface area contributed by atoms with Gasteiger partial charge in [0.25, 0.3) is 0 Å². The summed E-state index contributed by atoms with van der Waals surface area (Å²) in [6.45, 7) is 0.720. The van der Waals surface area contributed by atoms with Gasteiger partial charge in [-0.25, -0.2) is 4.79 Å². The van der Waals surface area contributed by atoms with Gasteiger partial charge in [-0.05, 0) is 42.7 Å². The largest absolute Gasteiger partial charge is 0.497 e. The molecule has 0 spiro atoms. The van der Waals surface area contributed by atoms with Gasteiger partial charge in [0, 0.05) is 17.6 Å². The van der Waals surface area contributed by atoms with Crippen molar-refractivity contribution in [3.05, 3.63) is 53.1 Å². The SMILES string of the molecule is COc1ccc(NC(=O)N2CCC[C@H]2c2ccc(Cl)cc2)c(OC)c1. The lowest BCUT2D eigenvalue weighted by molar-refractivity contribution is 0.207. The minimum Gasteiger partial charge on any atom is -0.497 e. The second kappa shape index (κ2) is 7.66. The highest BCUT2D eigenvalue weighted by Crippen LogP contribution is 2.34. The van der Waals surface area contributed by atoms with Gasteiger partial charge < -0.3 is 19.7 Å². The Kier molecular flexibility index (Phi) is 5.34. The summed E-state index contributed by atoms with van der Waals surface area (Å²) in [5, 5.41) is 3.64. The molecule has 0 radical (unpaired) electrons. The van der Waals surface area contributed by atoms with Gasteiger partial charge in [0.1, 0.15) is 11.5 Å². The first-order valence-electron chi connectivity index (χ1n) is 8.17. The third-order valence-corrected chi connectivity index (χ3v) is 4.67. The highest BCUT2D eigenvalue weighted by atomic mass is 35.5. The van der Waals surface area contributed by atoms with Crippen LogP contribution >= 0.6 is 11.6 Å². The standard InChI is InChI=1S/C19H21ClN2O3/c1-24-15-9-10-16(18(12-15)25-2)21-19(23)22-11-3-4-17(22)13-5-7-14(20)8-6-13/h5-10,12,17H,3-4,11H2,1-2H3,(H,21,23)/t17-/m0/s1. The minimum atomic E-state index is -0.138. The third-order valence-electron chi connectivity index (χ3n) is 4.42. The van der Waals surface area contributed by atoms with Crippen LogP contribution in [0.25, 0.3) is 0 Å². The number of amides is 2. The topological polar surface area (TPSA) is 50.8 Å². The van der Waals surface area contributed by atoms with Crippen LogP contribution in [0.1, 0.15) is 24.4 Å². The molecule has 0 aromatic heterocycles. The van der Waals surface area contributed by atoms with Crippen molar-refractivity contribution in [3.63, 3.8) is 0 Å². The van der Waals surface area contributed by atoms with Crippen molar-refractivity contribution in [2.45, 2.75) is 18.9 Å². The molecule has 1 atom stereocenters. The molecule has 2 aromatic carbocycles. The molecule has 1 aliphatic heterocycles. The molecule has 1 aliphatic rings. The van der Waals surface area contributed by atoms with E-state index in [1.165, 1.54) is 0 Å². The Morgan fingerprint density at radius 3 is 2.60 bits per heavy atom. The van der Waals surface area contributed by atoms with E-state index in [1.54, 1.807) is 32.4 Å². The average Bonchev–Trinajstić information content (AvgIpc) is 3.12. The molecule has 0 aliphatic carbocycles. The van der Waals surface area contributed by atoms with Gasteiger partial charge in [-0.15, -0.1) is 0 Å². The van der Waals surface area contributed by atoms with Crippen molar-refractivity contribution in [3.8, 4) is 11.5 Å². The smallest absolute Gasteiger partial charge is 0.322 e. The highest BCUT2D eigenvalue weighted by molar-refractivity contribution is 6.30. The molecule has 0 bridgehead atoms. The van der Waals surface area contributed by atoms with Crippen LogP contribution < -0.4 is 14.8 Å². The third kappa shape index (κ3) is 3.82. The molecule has 1 fully saturated rings. The maximum absolute atomic E-state index is 12.8. The van der Waals surface area contributed by atoms with Gasteiger partial charge in [0.15, 0.2) is 0 Å². The van der Waals surface area contributed by atoms with Crippen molar-refractivity contribution in [2.75, 3.05) is 26.1 Å². The molecule has 132 valence electrons. The van der Waals surface area contributed by atoms with E-state index in [-0.39, 0.29) is 12.1 Å². The monoisotopic (exact) mass is 360 g/mol. The van der Waals surface area contributed by atoms with E-state index in [4.69, 9.17) is 21.1 Å². The molecule has 1 saturated heterocycles. The number of ether oxygens (including phenoxy) is 2. The molecule has 0 unspecified atom stereocenters. The van der Waals surface area contributed by atoms with Gasteiger partial charge in [-0.2, -0.15) is 0 Å². The van der Waals surface area contributed by atoms with E-state index in [0.29, 0.717) is 22.2 Å². The van der Waals surface area contributed by atoms with Crippen molar-refractivity contribution in [1.82, 2.24) is 4.90 Å². The van der Waals surface area contributed by atoms with Gasteiger partial charge in [-0.1, -0.05) is 23.7 Å². The second-order valence-corrected chi connectivity index (χ2v) is 6.34. The zero-order valence-corrected chi connectivity index (χ0v) is 15.0. The lowest BCUT2D eigenvalue weighted by Crippen LogP contribution is -2.34. The Bertz CT molecular complexity index is 749. The molecule has 2 amide bonds. The number of rotatable bonds is 4. The number of hydrogen-bond donors (Lipinski definition) is 1. The fraction of sp³-hybridized carbons (Fsp3) is 0.316. The van der Waals surface area contributed by atoms with Gasteiger partial charge >= 0.3 is 6.03 Å². The summed E-state index contributed by atoms with van der Waals surface area (Å²) in [6.07, 6.45) is 1.91. The molecule has 5 nitrogen and oxygen atoms in total. The van der Waals surface area contributed by atoms with Crippen molar-refractivity contribution >= 4 is 23.3 Å². The zero-order chi connectivity index (χ0) is 17.8. The van der Waals surface area contributed by atoms with Gasteiger partial charge in [0.2, 0.25) is 0 Å². The Morgan fingerprint density at radius 2 is 1.92 bits per heavy atom. The van der Waals surface area contributed by atoms with Crippen molar-refractivity contribution in [1.29, 1.82) is 0 Å². The summed E-state index contributed by atoms with van der Waals surface area (Å²) in [5.41, 5.74) is 1.72. The lowest BCUT2D eigenvalue weighted by atomic mass is 10.1. The summed E-state index contributed by atoms with van der Waals surface area (Å²) < 4.78 is 10.5. The van der Waals surface area contributed by atoms with Crippen LogP contribution in [-0.2, 0) is 0 Å². The predicted octanol–water partition coefficient (Wildman–Crippen LogP) is 4.73. The number of likely N-dealkylation sites (tertiary alicyclic amines) is 1. The number of nitrogens with one attached hydrogen (secondary N) is 1. The van der Waals surface area contributed by atoms with E-state index in [0.717, 1.165) is 24.9 Å². The molecule has 25 heavy (non-hydrogen) atoms. The average molecular weight is 361 g/mol. The van der Waals surface area contributed by atoms with Crippen LogP contribution in [0.4, 0.5) is 10.5 Å². The zero-order valence-electron chi connectivity index (χ0n) is 14.3. The normalized spacial score (nSPS) is 16.6. The van der Waals surface area contributed by atoms with Crippen LogP contribution in [-0.4, -0.2) is 31.7 Å². The summed E-state index contributed by atoms with van der Waals surface area (Å²) >= 11 is 5.97. The molecule has 1 heterocycles. The summed E-state index contributed by atoms with van der Waals surface area (Å²) in [7, 11) is 3.16. The Hall–Kier alpha value is -2.40. The molecule has 3 rings (SSSR count). The van der Waals surface area contributed by atoms with Crippen LogP contribution in [0, 0.1) is 0 Å². The fourth-order valence-electron chi connectivity index (χ4n) is 3.13. The maximum Gasteiger partial charge on any atom is 0.322 e.